The van der Waals surface area contributed by atoms with E-state index < -0.39 is 5.97 Å². The topological polar surface area (TPSA) is 75.1 Å². The van der Waals surface area contributed by atoms with Crippen molar-refractivity contribution in [3.8, 4) is 0 Å². The normalized spacial score (nSPS) is 10.4. The van der Waals surface area contributed by atoms with Crippen molar-refractivity contribution in [2.45, 2.75) is 0 Å². The Kier molecular flexibility index (Phi) is 3.01. The van der Waals surface area contributed by atoms with Crippen molar-refractivity contribution in [3.63, 3.8) is 0 Å². The van der Waals surface area contributed by atoms with Crippen molar-refractivity contribution in [1.29, 1.82) is 0 Å². The monoisotopic (exact) mass is 265 g/mol. The number of nitrogens with zero attached hydrogens (tertiary/aromatic N) is 2. The zero-order chi connectivity index (χ0) is 13.9. The first-order valence-corrected chi connectivity index (χ1v) is 6.05. The minimum Gasteiger partial charge on any atom is -0.478 e. The summed E-state index contributed by atoms with van der Waals surface area (Å²) in [6.45, 7) is 0. The molecule has 3 aromatic rings. The van der Waals surface area contributed by atoms with Crippen LogP contribution < -0.4 is 5.32 Å². The molecule has 0 unspecified atom stereocenters. The first-order valence-electron chi connectivity index (χ1n) is 6.05. The predicted molar refractivity (Wildman–Crippen MR) is 76.2 cm³/mol. The van der Waals surface area contributed by atoms with Gasteiger partial charge in [-0.2, -0.15) is 10.2 Å². The van der Waals surface area contributed by atoms with E-state index >= 15 is 0 Å². The van der Waals surface area contributed by atoms with Gasteiger partial charge < -0.3 is 10.4 Å². The molecule has 0 aliphatic heterocycles. The van der Waals surface area contributed by atoms with Gasteiger partial charge in [0.05, 0.1) is 23.0 Å². The van der Waals surface area contributed by atoms with Gasteiger partial charge in [-0.3, -0.25) is 0 Å². The molecule has 20 heavy (non-hydrogen) atoms. The Morgan fingerprint density at radius 1 is 1.05 bits per heavy atom. The van der Waals surface area contributed by atoms with Gasteiger partial charge in [0, 0.05) is 11.1 Å². The van der Waals surface area contributed by atoms with Crippen LogP contribution in [0.2, 0.25) is 0 Å². The third-order valence-electron chi connectivity index (χ3n) is 2.96. The summed E-state index contributed by atoms with van der Waals surface area (Å²) < 4.78 is 0. The van der Waals surface area contributed by atoms with Crippen molar-refractivity contribution in [2.75, 3.05) is 5.32 Å². The summed E-state index contributed by atoms with van der Waals surface area (Å²) in [4.78, 5) is 10.8. The minimum atomic E-state index is -0.937. The van der Waals surface area contributed by atoms with E-state index in [1.54, 1.807) is 30.5 Å². The van der Waals surface area contributed by atoms with E-state index in [0.29, 0.717) is 0 Å². The maximum atomic E-state index is 10.8. The Labute approximate surface area is 114 Å². The van der Waals surface area contributed by atoms with E-state index in [1.807, 2.05) is 24.3 Å². The molecule has 3 rings (SSSR count). The van der Waals surface area contributed by atoms with Gasteiger partial charge in [-0.1, -0.05) is 18.2 Å². The molecule has 0 saturated heterocycles. The molecule has 0 fully saturated rings. The van der Waals surface area contributed by atoms with E-state index in [9.17, 15) is 4.79 Å². The number of carbonyl (C=O) groups is 1. The lowest BCUT2D eigenvalue weighted by molar-refractivity contribution is 0.0697. The number of rotatable bonds is 3. The first kappa shape index (κ1) is 12.1. The zero-order valence-corrected chi connectivity index (χ0v) is 10.4. The van der Waals surface area contributed by atoms with Crippen molar-refractivity contribution in [3.05, 3.63) is 60.3 Å². The standard InChI is InChI=1S/C15H11N3O2/c19-15(20)10-5-7-11(8-6-10)17-14-9-16-18-13-4-2-1-3-12(13)14/h1-9H,(H,17,18)(H,19,20). The Morgan fingerprint density at radius 2 is 1.80 bits per heavy atom. The van der Waals surface area contributed by atoms with Gasteiger partial charge in [0.2, 0.25) is 0 Å². The highest BCUT2D eigenvalue weighted by molar-refractivity contribution is 5.92. The Balaban J connectivity index is 1.95. The molecular weight excluding hydrogens is 254 g/mol. The number of hydrogen-bond donors (Lipinski definition) is 2. The highest BCUT2D eigenvalue weighted by Gasteiger charge is 2.04. The number of benzene rings is 2. The van der Waals surface area contributed by atoms with Crippen molar-refractivity contribution < 1.29 is 9.90 Å². The van der Waals surface area contributed by atoms with Crippen LogP contribution in [0.5, 0.6) is 0 Å². The van der Waals surface area contributed by atoms with Crippen LogP contribution in [-0.2, 0) is 0 Å². The third-order valence-corrected chi connectivity index (χ3v) is 2.96. The molecule has 0 amide bonds. The second-order valence-electron chi connectivity index (χ2n) is 4.28. The zero-order valence-electron chi connectivity index (χ0n) is 10.4. The molecule has 2 aromatic carbocycles. The average molecular weight is 265 g/mol. The fraction of sp³-hybridized carbons (Fsp3) is 0. The number of aromatic nitrogens is 2. The summed E-state index contributed by atoms with van der Waals surface area (Å²) in [6.07, 6.45) is 1.65. The van der Waals surface area contributed by atoms with Gasteiger partial charge in [0.15, 0.2) is 0 Å². The molecule has 98 valence electrons. The number of nitrogens with one attached hydrogen (secondary N) is 1. The molecule has 0 aliphatic rings. The molecule has 0 saturated carbocycles. The Morgan fingerprint density at radius 3 is 2.55 bits per heavy atom. The molecule has 0 spiro atoms. The van der Waals surface area contributed by atoms with Crippen molar-refractivity contribution >= 4 is 28.2 Å². The maximum Gasteiger partial charge on any atom is 0.335 e. The number of carboxylic acids is 1. The average Bonchev–Trinajstić information content (AvgIpc) is 2.48. The van der Waals surface area contributed by atoms with E-state index in [-0.39, 0.29) is 5.56 Å². The van der Waals surface area contributed by atoms with E-state index in [0.717, 1.165) is 22.3 Å². The molecule has 0 aliphatic carbocycles. The number of hydrogen-bond acceptors (Lipinski definition) is 4. The van der Waals surface area contributed by atoms with Gasteiger partial charge in [-0.25, -0.2) is 4.79 Å². The Hall–Kier alpha value is -2.95. The van der Waals surface area contributed by atoms with Crippen LogP contribution in [0.15, 0.2) is 54.7 Å². The van der Waals surface area contributed by atoms with Crippen LogP contribution in [0.25, 0.3) is 10.9 Å². The summed E-state index contributed by atoms with van der Waals surface area (Å²) in [5.41, 5.74) is 2.69. The summed E-state index contributed by atoms with van der Waals surface area (Å²) in [5, 5.41) is 21.0. The summed E-state index contributed by atoms with van der Waals surface area (Å²) in [6, 6.07) is 14.2. The van der Waals surface area contributed by atoms with Crippen LogP contribution in [0.4, 0.5) is 11.4 Å². The molecule has 1 aromatic heterocycles. The molecule has 0 radical (unpaired) electrons. The second kappa shape index (κ2) is 4.97. The lowest BCUT2D eigenvalue weighted by Crippen LogP contribution is -1.97. The van der Waals surface area contributed by atoms with Crippen molar-refractivity contribution in [2.24, 2.45) is 0 Å². The van der Waals surface area contributed by atoms with Crippen LogP contribution in [0.3, 0.4) is 0 Å². The second-order valence-corrected chi connectivity index (χ2v) is 4.28. The summed E-state index contributed by atoms with van der Waals surface area (Å²) >= 11 is 0. The predicted octanol–water partition coefficient (Wildman–Crippen LogP) is 3.07. The molecule has 0 bridgehead atoms. The number of carboxylic acid groups (broad SMARTS) is 1. The highest BCUT2D eigenvalue weighted by Crippen LogP contribution is 2.23. The van der Waals surface area contributed by atoms with E-state index in [1.165, 1.54) is 0 Å². The molecule has 5 nitrogen and oxygen atoms in total. The number of fused-ring (bicyclic) bond motifs is 1. The fourth-order valence-corrected chi connectivity index (χ4v) is 1.96. The Bertz CT molecular complexity index is 764. The molecule has 2 N–H and O–H groups in total. The van der Waals surface area contributed by atoms with Gasteiger partial charge in [-0.15, -0.1) is 0 Å². The van der Waals surface area contributed by atoms with Gasteiger partial charge >= 0.3 is 5.97 Å². The largest absolute Gasteiger partial charge is 0.478 e. The smallest absolute Gasteiger partial charge is 0.335 e. The van der Waals surface area contributed by atoms with E-state index in [4.69, 9.17) is 5.11 Å². The first-order chi connectivity index (χ1) is 9.74. The quantitative estimate of drug-likeness (QED) is 0.761. The number of anilines is 2. The summed E-state index contributed by atoms with van der Waals surface area (Å²) in [5.74, 6) is -0.937. The SMILES string of the molecule is O=C(O)c1ccc(Nc2cnnc3ccccc23)cc1. The number of aromatic carboxylic acids is 1. The third kappa shape index (κ3) is 2.29. The van der Waals surface area contributed by atoms with Gasteiger partial charge in [0.25, 0.3) is 0 Å². The summed E-state index contributed by atoms with van der Waals surface area (Å²) in [7, 11) is 0. The highest BCUT2D eigenvalue weighted by atomic mass is 16.4. The van der Waals surface area contributed by atoms with Gasteiger partial charge in [0.1, 0.15) is 0 Å². The molecule has 5 heteroatoms. The minimum absolute atomic E-state index is 0.258. The molecular formula is C15H11N3O2. The van der Waals surface area contributed by atoms with Crippen LogP contribution in [-0.4, -0.2) is 21.3 Å². The lowest BCUT2D eigenvalue weighted by atomic mass is 10.2. The van der Waals surface area contributed by atoms with Gasteiger partial charge in [-0.05, 0) is 30.3 Å². The van der Waals surface area contributed by atoms with Crippen LogP contribution in [0.1, 0.15) is 10.4 Å². The lowest BCUT2D eigenvalue weighted by Gasteiger charge is -2.08. The van der Waals surface area contributed by atoms with Crippen molar-refractivity contribution in [1.82, 2.24) is 10.2 Å². The molecule has 0 atom stereocenters. The van der Waals surface area contributed by atoms with Crippen LogP contribution in [0, 0.1) is 0 Å². The fourth-order valence-electron chi connectivity index (χ4n) is 1.96. The van der Waals surface area contributed by atoms with Crippen LogP contribution >= 0.6 is 0 Å². The van der Waals surface area contributed by atoms with E-state index in [2.05, 4.69) is 15.5 Å². The maximum absolute atomic E-state index is 10.8. The molecule has 1 heterocycles.